The number of nitrogens with zero attached hydrogens (tertiary/aromatic N) is 3. The van der Waals surface area contributed by atoms with Crippen molar-refractivity contribution in [2.45, 2.75) is 19.3 Å². The van der Waals surface area contributed by atoms with Gasteiger partial charge in [-0.25, -0.2) is 8.42 Å². The summed E-state index contributed by atoms with van der Waals surface area (Å²) in [4.78, 5) is 0. The minimum atomic E-state index is -3.54. The normalized spacial score (nSPS) is 10.3. The molecule has 0 fully saturated rings. The minimum absolute atomic E-state index is 0. The van der Waals surface area contributed by atoms with E-state index >= 15 is 0 Å². The predicted molar refractivity (Wildman–Crippen MR) is 126 cm³/mol. The van der Waals surface area contributed by atoms with Gasteiger partial charge in [0.2, 0.25) is 10.0 Å². The Morgan fingerprint density at radius 3 is 2.13 bits per heavy atom. The Balaban J connectivity index is 0. The third kappa shape index (κ3) is 6.98. The van der Waals surface area contributed by atoms with Crippen molar-refractivity contribution in [3.05, 3.63) is 85.5 Å². The summed E-state index contributed by atoms with van der Waals surface area (Å²) < 4.78 is 25.8. The number of nitriles is 2. The van der Waals surface area contributed by atoms with Crippen molar-refractivity contribution in [3.8, 4) is 12.1 Å². The van der Waals surface area contributed by atoms with Crippen LogP contribution < -0.4 is 0 Å². The number of aryl methyl sites for hydroxylation is 1. The molecule has 0 radical (unpaired) electrons. The molecule has 1 heterocycles. The zero-order valence-corrected chi connectivity index (χ0v) is 21.3. The van der Waals surface area contributed by atoms with Crippen molar-refractivity contribution in [2.75, 3.05) is 6.26 Å². The molecule has 0 saturated heterocycles. The summed E-state index contributed by atoms with van der Waals surface area (Å²) >= 11 is 0. The van der Waals surface area contributed by atoms with Crippen molar-refractivity contribution < 1.29 is 28.8 Å². The first-order chi connectivity index (χ1) is 12.9. The second-order valence-corrected chi connectivity index (χ2v) is 8.42. The van der Waals surface area contributed by atoms with Crippen LogP contribution in [0.25, 0.3) is 17.1 Å². The Hall–Kier alpha value is -2.04. The van der Waals surface area contributed by atoms with E-state index in [0.717, 1.165) is 11.8 Å². The monoisotopic (exact) mass is 547 g/mol. The number of hydrogen-bond acceptors (Lipinski definition) is 4. The molecule has 2 N–H and O–H groups in total. The molecule has 0 spiro atoms. The number of nitrogens with two attached hydrogens (primary N) is 1. The molecule has 0 bridgehead atoms. The van der Waals surface area contributed by atoms with E-state index in [9.17, 15) is 18.9 Å². The Morgan fingerprint density at radius 1 is 1.03 bits per heavy atom. The molecular weight excluding hydrogens is 522 g/mol. The fraction of sp³-hybridized carbons (Fsp3) is 0.227. The molecule has 0 aliphatic rings. The maximum Gasteiger partial charge on any atom is 0.225 e. The molecule has 170 valence electrons. The van der Waals surface area contributed by atoms with Crippen LogP contribution in [0.2, 0.25) is 0 Å². The molecule has 0 aliphatic heterocycles. The quantitative estimate of drug-likeness (QED) is 0.253. The Kier molecular flexibility index (Phi) is 12.8. The van der Waals surface area contributed by atoms with Gasteiger partial charge in [-0.05, 0) is 29.6 Å². The second-order valence-electron chi connectivity index (χ2n) is 6.58. The SMILES string of the molecule is CS(=O)(=O)n1c(CCC(C#N)(C#N)Cc2ccccc2)[c-]c2ccccc21.P.[CH3-].[NH2-].[Pd]. The summed E-state index contributed by atoms with van der Waals surface area (Å²) in [6.07, 6.45) is 1.91. The van der Waals surface area contributed by atoms with Crippen LogP contribution in [0.3, 0.4) is 0 Å². The van der Waals surface area contributed by atoms with Crippen LogP contribution in [0.1, 0.15) is 17.7 Å². The smallest absolute Gasteiger partial charge is 0.225 e. The van der Waals surface area contributed by atoms with Gasteiger partial charge >= 0.3 is 0 Å². The van der Waals surface area contributed by atoms with Gasteiger partial charge in [0.25, 0.3) is 0 Å². The van der Waals surface area contributed by atoms with Crippen LogP contribution in [0.5, 0.6) is 0 Å². The predicted octanol–water partition coefficient (Wildman–Crippen LogP) is 4.68. The fourth-order valence-electron chi connectivity index (χ4n) is 3.23. The van der Waals surface area contributed by atoms with Crippen molar-refractivity contribution in [3.63, 3.8) is 0 Å². The Morgan fingerprint density at radius 2 is 1.58 bits per heavy atom. The zero-order chi connectivity index (χ0) is 19.5. The summed E-state index contributed by atoms with van der Waals surface area (Å²) in [6, 6.07) is 23.9. The van der Waals surface area contributed by atoms with Crippen LogP contribution in [0, 0.1) is 41.6 Å². The Bertz CT molecular complexity index is 1150. The van der Waals surface area contributed by atoms with Crippen LogP contribution in [-0.2, 0) is 43.3 Å². The van der Waals surface area contributed by atoms with Crippen LogP contribution in [0.15, 0.2) is 54.6 Å². The van der Waals surface area contributed by atoms with Crippen LogP contribution >= 0.6 is 9.90 Å². The molecule has 6 nitrogen and oxygen atoms in total. The summed E-state index contributed by atoms with van der Waals surface area (Å²) in [6.45, 7) is 0. The summed E-state index contributed by atoms with van der Waals surface area (Å²) in [5, 5.41) is 20.0. The van der Waals surface area contributed by atoms with Gasteiger partial charge in [0.15, 0.2) is 0 Å². The average Bonchev–Trinajstić information content (AvgIpc) is 3.05. The van der Waals surface area contributed by atoms with Gasteiger partial charge in [-0.2, -0.15) is 37.9 Å². The van der Waals surface area contributed by atoms with E-state index in [4.69, 9.17) is 0 Å². The first-order valence-electron chi connectivity index (χ1n) is 8.47. The maximum atomic E-state index is 12.3. The van der Waals surface area contributed by atoms with Gasteiger partial charge in [-0.3, -0.25) is 0 Å². The van der Waals surface area contributed by atoms with Gasteiger partial charge in [0, 0.05) is 26.8 Å². The standard InChI is InChI=1S/C21H18N3O2S.CH3.H2N.H3P.Pd/c1-27(25,26)24-19(13-18-9-5-6-10-20(18)24)11-12-21(15-22,16-23)14-17-7-3-2-4-8-17;;;;/h2-10H,11-12,14H2,1H3;1H3;1H2;1H3;/q3*-1;;. The van der Waals surface area contributed by atoms with Crippen LogP contribution in [-0.4, -0.2) is 18.6 Å². The van der Waals surface area contributed by atoms with Crippen molar-refractivity contribution >= 4 is 30.8 Å². The van der Waals surface area contributed by atoms with E-state index in [1.54, 1.807) is 18.2 Å². The van der Waals surface area contributed by atoms with Gasteiger partial charge in [0.05, 0.1) is 18.4 Å². The number of benzene rings is 2. The maximum absolute atomic E-state index is 12.3. The van der Waals surface area contributed by atoms with Gasteiger partial charge in [0.1, 0.15) is 5.41 Å². The van der Waals surface area contributed by atoms with E-state index in [-0.39, 0.29) is 56.7 Å². The van der Waals surface area contributed by atoms with Gasteiger partial charge < -0.3 is 17.5 Å². The van der Waals surface area contributed by atoms with Crippen molar-refractivity contribution in [1.82, 2.24) is 3.97 Å². The minimum Gasteiger partial charge on any atom is -0.693 e. The third-order valence-corrected chi connectivity index (χ3v) is 5.62. The topological polar surface area (TPSA) is 120 Å². The molecule has 1 aromatic heterocycles. The molecule has 1 unspecified atom stereocenters. The molecule has 31 heavy (non-hydrogen) atoms. The molecule has 2 aromatic carbocycles. The first-order valence-corrected chi connectivity index (χ1v) is 10.3. The van der Waals surface area contributed by atoms with Gasteiger partial charge in [-0.15, -0.1) is 6.07 Å². The third-order valence-electron chi connectivity index (χ3n) is 4.54. The van der Waals surface area contributed by atoms with E-state index < -0.39 is 15.4 Å². The number of para-hydroxylation sites is 1. The van der Waals surface area contributed by atoms with Gasteiger partial charge in [-0.1, -0.05) is 42.5 Å². The molecule has 3 rings (SSSR count). The van der Waals surface area contributed by atoms with Crippen LogP contribution in [0.4, 0.5) is 0 Å². The number of rotatable bonds is 6. The van der Waals surface area contributed by atoms with Crippen molar-refractivity contribution in [2.24, 2.45) is 5.41 Å². The fourth-order valence-corrected chi connectivity index (χ4v) is 4.29. The number of hydrogen-bond donors (Lipinski definition) is 0. The molecule has 0 amide bonds. The molecule has 3 aromatic rings. The second kappa shape index (κ2) is 12.7. The zero-order valence-electron chi connectivity index (χ0n) is 17.5. The van der Waals surface area contributed by atoms with E-state index in [1.807, 2.05) is 36.4 Å². The largest absolute Gasteiger partial charge is 0.693 e. The molecular formula is C22H26N4O2PPdS-3. The molecule has 9 heteroatoms. The van der Waals surface area contributed by atoms with E-state index in [0.29, 0.717) is 23.0 Å². The molecule has 1 atom stereocenters. The summed E-state index contributed by atoms with van der Waals surface area (Å²) in [5.41, 5.74) is 0.681. The summed E-state index contributed by atoms with van der Waals surface area (Å²) in [7, 11) is -3.54. The summed E-state index contributed by atoms with van der Waals surface area (Å²) in [5.74, 6) is 0. The first kappa shape index (κ1) is 31.2. The molecule has 0 aliphatic carbocycles. The van der Waals surface area contributed by atoms with E-state index in [2.05, 4.69) is 18.2 Å². The molecule has 0 saturated carbocycles. The number of fused-ring (bicyclic) bond motifs is 1. The average molecular weight is 548 g/mol. The van der Waals surface area contributed by atoms with E-state index in [1.165, 1.54) is 3.97 Å². The number of aromatic nitrogens is 1. The van der Waals surface area contributed by atoms with Crippen molar-refractivity contribution in [1.29, 1.82) is 10.5 Å². The Labute approximate surface area is 202 Å².